The van der Waals surface area contributed by atoms with E-state index < -0.39 is 23.8 Å². The number of halogens is 4. The van der Waals surface area contributed by atoms with Gasteiger partial charge in [-0.15, -0.1) is 0 Å². The third-order valence-corrected chi connectivity index (χ3v) is 3.10. The number of hydrogen-bond acceptors (Lipinski definition) is 2. The number of anilines is 1. The number of carbonyl (C=O) groups excluding carboxylic acids is 1. The Bertz CT molecular complexity index is 484. The van der Waals surface area contributed by atoms with Crippen LogP contribution in [-0.2, 0) is 15.7 Å². The van der Waals surface area contributed by atoms with E-state index in [1.807, 2.05) is 0 Å². The fourth-order valence-electron chi connectivity index (χ4n) is 1.80. The van der Waals surface area contributed by atoms with Crippen LogP contribution in [0.15, 0.2) is 18.2 Å². The molecule has 0 aromatic heterocycles. The largest absolute Gasteiger partial charge is 0.416 e. The zero-order valence-corrected chi connectivity index (χ0v) is 10.5. The van der Waals surface area contributed by atoms with Crippen molar-refractivity contribution < 1.29 is 22.7 Å². The monoisotopic (exact) mass is 293 g/mol. The molecule has 0 spiro atoms. The van der Waals surface area contributed by atoms with Crippen molar-refractivity contribution in [1.29, 1.82) is 0 Å². The van der Waals surface area contributed by atoms with E-state index in [1.54, 1.807) is 0 Å². The highest BCUT2D eigenvalue weighted by Crippen LogP contribution is 2.34. The first-order valence-corrected chi connectivity index (χ1v) is 6.05. The Hall–Kier alpha value is -1.27. The number of amides is 1. The van der Waals surface area contributed by atoms with E-state index >= 15 is 0 Å². The minimum atomic E-state index is -4.48. The topological polar surface area (TPSA) is 38.3 Å². The van der Waals surface area contributed by atoms with Crippen LogP contribution in [0.2, 0.25) is 5.02 Å². The normalized spacial score (nSPS) is 19.5. The van der Waals surface area contributed by atoms with E-state index in [4.69, 9.17) is 16.3 Å². The molecule has 1 saturated heterocycles. The summed E-state index contributed by atoms with van der Waals surface area (Å²) in [5.74, 6) is -0.473. The summed E-state index contributed by atoms with van der Waals surface area (Å²) in [5, 5.41) is 2.42. The van der Waals surface area contributed by atoms with Crippen molar-refractivity contribution in [2.24, 2.45) is 0 Å². The molecule has 0 saturated carbocycles. The zero-order chi connectivity index (χ0) is 14.0. The maximum atomic E-state index is 12.6. The van der Waals surface area contributed by atoms with Gasteiger partial charge in [0.15, 0.2) is 0 Å². The smallest absolute Gasteiger partial charge is 0.368 e. The van der Waals surface area contributed by atoms with Gasteiger partial charge in [-0.3, -0.25) is 4.79 Å². The van der Waals surface area contributed by atoms with Gasteiger partial charge in [-0.1, -0.05) is 11.6 Å². The maximum absolute atomic E-state index is 12.6. The Morgan fingerprint density at radius 3 is 2.74 bits per heavy atom. The van der Waals surface area contributed by atoms with E-state index in [0.29, 0.717) is 13.0 Å². The number of ether oxygens (including phenoxy) is 1. The summed E-state index contributed by atoms with van der Waals surface area (Å²) in [7, 11) is 0. The van der Waals surface area contributed by atoms with E-state index in [9.17, 15) is 18.0 Å². The van der Waals surface area contributed by atoms with Crippen molar-refractivity contribution in [2.45, 2.75) is 25.1 Å². The van der Waals surface area contributed by atoms with E-state index in [0.717, 1.165) is 24.6 Å². The number of rotatable bonds is 2. The van der Waals surface area contributed by atoms with E-state index in [1.165, 1.54) is 0 Å². The molecular weight excluding hydrogens is 283 g/mol. The van der Waals surface area contributed by atoms with Crippen LogP contribution in [0.1, 0.15) is 18.4 Å². The second-order valence-electron chi connectivity index (χ2n) is 4.18. The third kappa shape index (κ3) is 3.39. The van der Waals surface area contributed by atoms with Gasteiger partial charge in [0, 0.05) is 6.61 Å². The van der Waals surface area contributed by atoms with Gasteiger partial charge in [-0.2, -0.15) is 13.2 Å². The minimum Gasteiger partial charge on any atom is -0.368 e. The van der Waals surface area contributed by atoms with Crippen LogP contribution in [0, 0.1) is 0 Å². The number of hydrogen-bond donors (Lipinski definition) is 1. The van der Waals surface area contributed by atoms with E-state index in [-0.39, 0.29) is 10.7 Å². The highest BCUT2D eigenvalue weighted by atomic mass is 35.5. The Labute approximate surface area is 112 Å². The summed E-state index contributed by atoms with van der Waals surface area (Å²) >= 11 is 5.77. The highest BCUT2D eigenvalue weighted by molar-refractivity contribution is 6.33. The van der Waals surface area contributed by atoms with Crippen LogP contribution in [-0.4, -0.2) is 18.6 Å². The lowest BCUT2D eigenvalue weighted by Gasteiger charge is -2.14. The molecule has 0 bridgehead atoms. The standard InChI is InChI=1S/C12H11ClF3NO2/c13-8-4-3-7(12(14,15)16)6-9(8)17-11(18)10-2-1-5-19-10/h3-4,6,10H,1-2,5H2,(H,17,18). The lowest BCUT2D eigenvalue weighted by atomic mass is 10.1. The van der Waals surface area contributed by atoms with Crippen molar-refractivity contribution in [3.05, 3.63) is 28.8 Å². The number of alkyl halides is 3. The molecule has 1 aromatic carbocycles. The van der Waals surface area contributed by atoms with Crippen molar-refractivity contribution >= 4 is 23.2 Å². The van der Waals surface area contributed by atoms with Crippen molar-refractivity contribution in [2.75, 3.05) is 11.9 Å². The molecule has 104 valence electrons. The summed E-state index contributed by atoms with van der Waals surface area (Å²) in [6, 6.07) is 2.79. The van der Waals surface area contributed by atoms with Crippen LogP contribution < -0.4 is 5.32 Å². The molecular formula is C12H11ClF3NO2. The molecule has 2 rings (SSSR count). The minimum absolute atomic E-state index is 0.0550. The molecule has 3 nitrogen and oxygen atoms in total. The van der Waals surface area contributed by atoms with Gasteiger partial charge in [0.2, 0.25) is 0 Å². The molecule has 1 fully saturated rings. The second kappa shape index (κ2) is 5.38. The number of benzene rings is 1. The zero-order valence-electron chi connectivity index (χ0n) is 9.76. The molecule has 1 unspecified atom stereocenters. The lowest BCUT2D eigenvalue weighted by Crippen LogP contribution is -2.27. The first kappa shape index (κ1) is 14.1. The van der Waals surface area contributed by atoms with Gasteiger partial charge in [0.1, 0.15) is 6.10 Å². The molecule has 1 atom stereocenters. The van der Waals surface area contributed by atoms with Gasteiger partial charge in [0.25, 0.3) is 5.91 Å². The average Bonchev–Trinajstić information content (AvgIpc) is 2.84. The van der Waals surface area contributed by atoms with Crippen molar-refractivity contribution in [3.8, 4) is 0 Å². The van der Waals surface area contributed by atoms with Crippen LogP contribution >= 0.6 is 11.6 Å². The van der Waals surface area contributed by atoms with E-state index in [2.05, 4.69) is 5.32 Å². The molecule has 1 aliphatic heterocycles. The predicted molar refractivity (Wildman–Crippen MR) is 64.1 cm³/mol. The first-order chi connectivity index (χ1) is 8.88. The first-order valence-electron chi connectivity index (χ1n) is 5.67. The molecule has 0 radical (unpaired) electrons. The summed E-state index contributed by atoms with van der Waals surface area (Å²) in [4.78, 5) is 11.8. The molecule has 1 heterocycles. The fourth-order valence-corrected chi connectivity index (χ4v) is 1.96. The maximum Gasteiger partial charge on any atom is 0.416 e. The van der Waals surface area contributed by atoms with Crippen LogP contribution in [0.5, 0.6) is 0 Å². The Balaban J connectivity index is 2.17. The molecule has 1 aromatic rings. The van der Waals surface area contributed by atoms with Gasteiger partial charge < -0.3 is 10.1 Å². The molecule has 19 heavy (non-hydrogen) atoms. The second-order valence-corrected chi connectivity index (χ2v) is 4.59. The summed E-state index contributed by atoms with van der Waals surface area (Å²) in [6.07, 6.45) is -3.78. The SMILES string of the molecule is O=C(Nc1cc(C(F)(F)F)ccc1Cl)C1CCCO1. The molecule has 7 heteroatoms. The Morgan fingerprint density at radius 1 is 1.42 bits per heavy atom. The van der Waals surface area contributed by atoms with Gasteiger partial charge >= 0.3 is 6.18 Å². The van der Waals surface area contributed by atoms with Gasteiger partial charge in [-0.05, 0) is 31.0 Å². The quantitative estimate of drug-likeness (QED) is 0.906. The van der Waals surface area contributed by atoms with Crippen molar-refractivity contribution in [1.82, 2.24) is 0 Å². The van der Waals surface area contributed by atoms with Crippen LogP contribution in [0.3, 0.4) is 0 Å². The molecule has 1 amide bonds. The van der Waals surface area contributed by atoms with Crippen LogP contribution in [0.25, 0.3) is 0 Å². The fraction of sp³-hybridized carbons (Fsp3) is 0.417. The number of nitrogens with one attached hydrogen (secondary N) is 1. The lowest BCUT2D eigenvalue weighted by molar-refractivity contribution is -0.137. The van der Waals surface area contributed by atoms with Crippen molar-refractivity contribution in [3.63, 3.8) is 0 Å². The summed E-state index contributed by atoms with van der Waals surface area (Å²) < 4.78 is 42.8. The van der Waals surface area contributed by atoms with Gasteiger partial charge in [0.05, 0.1) is 16.3 Å². The van der Waals surface area contributed by atoms with Crippen LogP contribution in [0.4, 0.5) is 18.9 Å². The summed E-state index contributed by atoms with van der Waals surface area (Å²) in [5.41, 5.74) is -0.920. The molecule has 1 aliphatic rings. The third-order valence-electron chi connectivity index (χ3n) is 2.77. The molecule has 0 aliphatic carbocycles. The summed E-state index contributed by atoms with van der Waals surface area (Å²) in [6.45, 7) is 0.481. The molecule has 1 N–H and O–H groups in total. The number of carbonyl (C=O) groups is 1. The highest BCUT2D eigenvalue weighted by Gasteiger charge is 2.31. The predicted octanol–water partition coefficient (Wildman–Crippen LogP) is 3.48. The average molecular weight is 294 g/mol. The Morgan fingerprint density at radius 2 is 2.16 bits per heavy atom. The van der Waals surface area contributed by atoms with Gasteiger partial charge in [-0.25, -0.2) is 0 Å². The Kier molecular flexibility index (Phi) is 4.01.